The van der Waals surface area contributed by atoms with Crippen molar-refractivity contribution < 1.29 is 8.42 Å². The molecule has 146 valence electrons. The molecule has 3 heterocycles. The van der Waals surface area contributed by atoms with Gasteiger partial charge in [-0.05, 0) is 30.3 Å². The van der Waals surface area contributed by atoms with E-state index in [1.807, 2.05) is 34.9 Å². The summed E-state index contributed by atoms with van der Waals surface area (Å²) in [5.74, 6) is 0. The third-order valence-corrected chi connectivity index (χ3v) is 6.49. The Labute approximate surface area is 173 Å². The van der Waals surface area contributed by atoms with E-state index in [4.69, 9.17) is 11.6 Å². The zero-order valence-electron chi connectivity index (χ0n) is 15.3. The second-order valence-electron chi connectivity index (χ2n) is 6.19. The van der Waals surface area contributed by atoms with Gasteiger partial charge in [0.1, 0.15) is 10.5 Å². The van der Waals surface area contributed by atoms with E-state index in [-0.39, 0.29) is 9.92 Å². The van der Waals surface area contributed by atoms with Crippen LogP contribution >= 0.6 is 11.6 Å². The van der Waals surface area contributed by atoms with Crippen molar-refractivity contribution in [3.63, 3.8) is 0 Å². The molecule has 0 unspecified atom stereocenters. The zero-order valence-corrected chi connectivity index (χ0v) is 16.9. The lowest BCUT2D eigenvalue weighted by Gasteiger charge is -2.14. The number of hydrazone groups is 1. The van der Waals surface area contributed by atoms with Gasteiger partial charge in [0.05, 0.1) is 23.1 Å². The lowest BCUT2D eigenvalue weighted by atomic mass is 10.1. The SMILES string of the molecule is CN(N=Cc1cnc2ccc(-c3cccnc3)cn12)S(=O)(=O)c1ccccc1Cl. The molecule has 0 amide bonds. The number of fused-ring (bicyclic) bond motifs is 1. The van der Waals surface area contributed by atoms with E-state index >= 15 is 0 Å². The fourth-order valence-electron chi connectivity index (χ4n) is 2.80. The molecule has 29 heavy (non-hydrogen) atoms. The number of pyridine rings is 2. The normalized spacial score (nSPS) is 11.9. The van der Waals surface area contributed by atoms with Crippen molar-refractivity contribution in [3.05, 3.63) is 84.0 Å². The fraction of sp³-hybridized carbons (Fsp3) is 0.0500. The van der Waals surface area contributed by atoms with Gasteiger partial charge in [0.25, 0.3) is 10.0 Å². The van der Waals surface area contributed by atoms with Crippen molar-refractivity contribution in [2.24, 2.45) is 5.10 Å². The molecule has 0 fully saturated rings. The Morgan fingerprint density at radius 2 is 1.90 bits per heavy atom. The van der Waals surface area contributed by atoms with Crippen molar-refractivity contribution in [3.8, 4) is 11.1 Å². The van der Waals surface area contributed by atoms with E-state index in [1.165, 1.54) is 25.4 Å². The third-order valence-electron chi connectivity index (χ3n) is 4.34. The molecular weight excluding hydrogens is 410 g/mol. The third kappa shape index (κ3) is 3.72. The summed E-state index contributed by atoms with van der Waals surface area (Å²) in [5.41, 5.74) is 3.27. The average molecular weight is 426 g/mol. The Bertz CT molecular complexity index is 1300. The molecule has 0 saturated heterocycles. The maximum Gasteiger partial charge on any atom is 0.280 e. The number of halogens is 1. The van der Waals surface area contributed by atoms with Crippen LogP contribution in [0.5, 0.6) is 0 Å². The molecule has 0 radical (unpaired) electrons. The molecule has 7 nitrogen and oxygen atoms in total. The van der Waals surface area contributed by atoms with Crippen molar-refractivity contribution in [1.82, 2.24) is 18.8 Å². The molecule has 0 aliphatic heterocycles. The van der Waals surface area contributed by atoms with Crippen LogP contribution < -0.4 is 0 Å². The van der Waals surface area contributed by atoms with Crippen molar-refractivity contribution in [2.45, 2.75) is 4.90 Å². The number of nitrogens with zero attached hydrogens (tertiary/aromatic N) is 5. The first-order valence-electron chi connectivity index (χ1n) is 8.62. The van der Waals surface area contributed by atoms with E-state index in [2.05, 4.69) is 15.1 Å². The molecule has 0 atom stereocenters. The first-order chi connectivity index (χ1) is 14.0. The minimum atomic E-state index is -3.86. The van der Waals surface area contributed by atoms with Crippen molar-refractivity contribution in [2.75, 3.05) is 7.05 Å². The van der Waals surface area contributed by atoms with E-state index in [1.54, 1.807) is 30.7 Å². The number of aromatic nitrogens is 3. The number of benzene rings is 1. The maximum atomic E-state index is 12.7. The first-order valence-corrected chi connectivity index (χ1v) is 10.4. The number of imidazole rings is 1. The van der Waals surface area contributed by atoms with Crippen LogP contribution in [-0.2, 0) is 10.0 Å². The summed E-state index contributed by atoms with van der Waals surface area (Å²) in [6, 6.07) is 13.9. The smallest absolute Gasteiger partial charge is 0.280 e. The number of sulfonamides is 1. The van der Waals surface area contributed by atoms with E-state index in [9.17, 15) is 8.42 Å². The summed E-state index contributed by atoms with van der Waals surface area (Å²) in [7, 11) is -2.50. The van der Waals surface area contributed by atoms with Gasteiger partial charge in [0.2, 0.25) is 0 Å². The summed E-state index contributed by atoms with van der Waals surface area (Å²) >= 11 is 6.03. The van der Waals surface area contributed by atoms with Gasteiger partial charge in [-0.25, -0.2) is 4.98 Å². The molecule has 0 saturated carbocycles. The van der Waals surface area contributed by atoms with Crippen molar-refractivity contribution in [1.29, 1.82) is 0 Å². The lowest BCUT2D eigenvalue weighted by molar-refractivity contribution is 0.491. The highest BCUT2D eigenvalue weighted by atomic mass is 35.5. The van der Waals surface area contributed by atoms with Crippen LogP contribution in [0.25, 0.3) is 16.8 Å². The van der Waals surface area contributed by atoms with Crippen LogP contribution in [0.2, 0.25) is 5.02 Å². The Hall–Kier alpha value is -3.23. The van der Waals surface area contributed by atoms with Gasteiger partial charge in [-0.15, -0.1) is 0 Å². The highest BCUT2D eigenvalue weighted by molar-refractivity contribution is 7.89. The second kappa shape index (κ2) is 7.65. The molecule has 1 aromatic carbocycles. The van der Waals surface area contributed by atoms with Gasteiger partial charge < -0.3 is 0 Å². The van der Waals surface area contributed by atoms with Crippen LogP contribution in [0.4, 0.5) is 0 Å². The largest absolute Gasteiger partial charge is 0.298 e. The van der Waals surface area contributed by atoms with Gasteiger partial charge in [0.15, 0.2) is 0 Å². The van der Waals surface area contributed by atoms with E-state index in [0.717, 1.165) is 21.2 Å². The van der Waals surface area contributed by atoms with Crippen LogP contribution in [0, 0.1) is 0 Å². The minimum absolute atomic E-state index is 0.00155. The fourth-order valence-corrected chi connectivity index (χ4v) is 4.25. The second-order valence-corrected chi connectivity index (χ2v) is 8.51. The van der Waals surface area contributed by atoms with Gasteiger partial charge >= 0.3 is 0 Å². The number of hydrogen-bond donors (Lipinski definition) is 0. The predicted molar refractivity (Wildman–Crippen MR) is 112 cm³/mol. The maximum absolute atomic E-state index is 12.7. The lowest BCUT2D eigenvalue weighted by Crippen LogP contribution is -2.22. The molecule has 9 heteroatoms. The number of rotatable bonds is 5. The summed E-state index contributed by atoms with van der Waals surface area (Å²) in [4.78, 5) is 8.47. The summed E-state index contributed by atoms with van der Waals surface area (Å²) < 4.78 is 28.1. The molecule has 0 spiro atoms. The van der Waals surface area contributed by atoms with Crippen molar-refractivity contribution >= 4 is 33.5 Å². The van der Waals surface area contributed by atoms with Gasteiger partial charge in [-0.2, -0.15) is 17.9 Å². The molecule has 0 aliphatic rings. The molecule has 0 aliphatic carbocycles. The predicted octanol–water partition coefficient (Wildman–Crippen LogP) is 3.70. The molecule has 4 rings (SSSR count). The average Bonchev–Trinajstić information content (AvgIpc) is 3.15. The van der Waals surface area contributed by atoms with Gasteiger partial charge in [-0.1, -0.05) is 29.8 Å². The molecule has 0 bridgehead atoms. The summed E-state index contributed by atoms with van der Waals surface area (Å²) in [5, 5.41) is 4.24. The van der Waals surface area contributed by atoms with Crippen LogP contribution in [0.3, 0.4) is 0 Å². The standard InChI is InChI=1S/C20H16ClN5O2S/c1-25(29(27,28)19-7-3-2-6-18(19)21)24-13-17-12-23-20-9-8-16(14-26(17)20)15-5-4-10-22-11-15/h2-14H,1H3. The Balaban J connectivity index is 1.67. The van der Waals surface area contributed by atoms with Crippen LogP contribution in [-0.4, -0.2) is 40.5 Å². The zero-order chi connectivity index (χ0) is 20.4. The molecular formula is C20H16ClN5O2S. The Morgan fingerprint density at radius 3 is 2.66 bits per heavy atom. The van der Waals surface area contributed by atoms with Gasteiger partial charge in [0, 0.05) is 36.8 Å². The molecule has 0 N–H and O–H groups in total. The Kier molecular flexibility index (Phi) is 5.04. The first kappa shape index (κ1) is 19.1. The van der Waals surface area contributed by atoms with Crippen LogP contribution in [0.1, 0.15) is 5.69 Å². The van der Waals surface area contributed by atoms with Crippen LogP contribution in [0.15, 0.2) is 83.3 Å². The molecule has 3 aromatic heterocycles. The highest BCUT2D eigenvalue weighted by Crippen LogP contribution is 2.24. The highest BCUT2D eigenvalue weighted by Gasteiger charge is 2.22. The quantitative estimate of drug-likeness (QED) is 0.360. The monoisotopic (exact) mass is 425 g/mol. The van der Waals surface area contributed by atoms with E-state index in [0.29, 0.717) is 5.69 Å². The topological polar surface area (TPSA) is 79.9 Å². The minimum Gasteiger partial charge on any atom is -0.298 e. The summed E-state index contributed by atoms with van der Waals surface area (Å²) in [6.45, 7) is 0. The van der Waals surface area contributed by atoms with E-state index < -0.39 is 10.0 Å². The number of hydrogen-bond acceptors (Lipinski definition) is 5. The molecule has 4 aromatic rings. The summed E-state index contributed by atoms with van der Waals surface area (Å²) in [6.07, 6.45) is 8.47. The van der Waals surface area contributed by atoms with Gasteiger partial charge in [-0.3, -0.25) is 9.38 Å². The Morgan fingerprint density at radius 1 is 1.07 bits per heavy atom.